The van der Waals surface area contributed by atoms with E-state index in [4.69, 9.17) is 9.98 Å². The maximum absolute atomic E-state index is 5.00. The van der Waals surface area contributed by atoms with Crippen LogP contribution in [-0.4, -0.2) is 60.5 Å². The number of fused-ring (bicyclic) bond motifs is 1. The number of benzene rings is 2. The Morgan fingerprint density at radius 1 is 0.722 bits per heavy atom. The van der Waals surface area contributed by atoms with Crippen LogP contribution in [-0.2, 0) is 0 Å². The molecule has 4 heteroatoms. The van der Waals surface area contributed by atoms with Gasteiger partial charge in [0.15, 0.2) is 0 Å². The average molecular weight is 485 g/mol. The highest BCUT2D eigenvalue weighted by Crippen LogP contribution is 2.33. The van der Waals surface area contributed by atoms with Gasteiger partial charge in [-0.25, -0.2) is 0 Å². The van der Waals surface area contributed by atoms with E-state index in [0.717, 1.165) is 37.3 Å². The molecule has 0 aromatic heterocycles. The molecule has 4 rings (SSSR count). The van der Waals surface area contributed by atoms with Crippen LogP contribution in [0.5, 0.6) is 0 Å². The van der Waals surface area contributed by atoms with E-state index >= 15 is 0 Å². The van der Waals surface area contributed by atoms with Crippen LogP contribution >= 0.6 is 0 Å². The number of hydrogen-bond acceptors (Lipinski definition) is 4. The van der Waals surface area contributed by atoms with E-state index in [9.17, 15) is 0 Å². The topological polar surface area (TPSA) is 31.2 Å². The zero-order chi connectivity index (χ0) is 25.3. The molecule has 0 saturated carbocycles. The summed E-state index contributed by atoms with van der Waals surface area (Å²) < 4.78 is 0. The normalized spacial score (nSPS) is 21.2. The summed E-state index contributed by atoms with van der Waals surface area (Å²) in [6.07, 6.45) is 16.2. The molecule has 2 aromatic rings. The van der Waals surface area contributed by atoms with Crippen LogP contribution in [0.3, 0.4) is 0 Å². The van der Waals surface area contributed by atoms with Crippen molar-refractivity contribution in [1.29, 1.82) is 0 Å². The van der Waals surface area contributed by atoms with Crippen LogP contribution in [0.15, 0.2) is 69.7 Å². The van der Waals surface area contributed by atoms with E-state index in [1.54, 1.807) is 0 Å². The summed E-state index contributed by atoms with van der Waals surface area (Å²) in [6, 6.07) is 13.8. The van der Waals surface area contributed by atoms with Gasteiger partial charge in [0, 0.05) is 48.4 Å². The fourth-order valence-corrected chi connectivity index (χ4v) is 5.47. The number of rotatable bonds is 10. The maximum Gasteiger partial charge on any atom is 0.0705 e. The standard InChI is InChI=1S/C32H44N4/c1-25(2)11-7-19-35-21-9-13-27(35)23-33-31-17-5-16-30-29(31)15-6-18-32(30)34-24-28-14-10-22-36(28)20-8-12-26(3)4/h5-6,11-12,15-18,23-24,27-28H,7-10,13-14,19-22H2,1-4H3/t27-,28-/m0/s1. The number of likely N-dealkylation sites (tertiary alicyclic amines) is 2. The summed E-state index contributed by atoms with van der Waals surface area (Å²) >= 11 is 0. The molecule has 36 heavy (non-hydrogen) atoms. The van der Waals surface area contributed by atoms with Gasteiger partial charge in [0.1, 0.15) is 0 Å². The lowest BCUT2D eigenvalue weighted by Gasteiger charge is -2.20. The first kappa shape index (κ1) is 26.5. The van der Waals surface area contributed by atoms with Gasteiger partial charge >= 0.3 is 0 Å². The van der Waals surface area contributed by atoms with Crippen molar-refractivity contribution in [2.24, 2.45) is 9.98 Å². The molecule has 0 aliphatic carbocycles. The van der Waals surface area contributed by atoms with Crippen LogP contribution < -0.4 is 0 Å². The molecule has 2 saturated heterocycles. The Labute approximate surface area is 218 Å². The molecule has 2 aliphatic heterocycles. The highest BCUT2D eigenvalue weighted by Gasteiger charge is 2.23. The van der Waals surface area contributed by atoms with E-state index in [1.165, 1.54) is 60.7 Å². The molecular weight excluding hydrogens is 440 g/mol. The number of hydrogen-bond donors (Lipinski definition) is 0. The average Bonchev–Trinajstić information content (AvgIpc) is 3.50. The van der Waals surface area contributed by atoms with E-state index < -0.39 is 0 Å². The van der Waals surface area contributed by atoms with E-state index in [2.05, 4.69) is 98.5 Å². The van der Waals surface area contributed by atoms with Gasteiger partial charge in [-0.2, -0.15) is 0 Å². The van der Waals surface area contributed by atoms with Crippen LogP contribution in [0.25, 0.3) is 10.8 Å². The van der Waals surface area contributed by atoms with Crippen molar-refractivity contribution in [2.75, 3.05) is 26.2 Å². The third-order valence-electron chi connectivity index (χ3n) is 7.41. The zero-order valence-corrected chi connectivity index (χ0v) is 22.8. The Morgan fingerprint density at radius 3 is 1.58 bits per heavy atom. The SMILES string of the molecule is CC(C)=CCCN1CCC[C@H]1C=Nc1cccc2c(N=C[C@@H]3CCCN3CCC=C(C)C)cccc12. The van der Waals surface area contributed by atoms with Crippen molar-refractivity contribution in [1.82, 2.24) is 9.80 Å². The third kappa shape index (κ3) is 7.24. The second kappa shape index (κ2) is 13.1. The largest absolute Gasteiger partial charge is 0.295 e. The minimum absolute atomic E-state index is 0.437. The molecule has 2 heterocycles. The lowest BCUT2D eigenvalue weighted by atomic mass is 10.1. The fourth-order valence-electron chi connectivity index (χ4n) is 5.47. The molecule has 0 amide bonds. The molecule has 0 spiro atoms. The Morgan fingerprint density at radius 2 is 1.17 bits per heavy atom. The summed E-state index contributed by atoms with van der Waals surface area (Å²) in [5.41, 5.74) is 4.89. The Hall–Kier alpha value is -2.56. The lowest BCUT2D eigenvalue weighted by molar-refractivity contribution is 0.312. The first-order chi connectivity index (χ1) is 17.5. The predicted octanol–water partition coefficient (Wildman–Crippen LogP) is 7.89. The van der Waals surface area contributed by atoms with Crippen LogP contribution in [0.2, 0.25) is 0 Å². The molecular formula is C32H44N4. The van der Waals surface area contributed by atoms with E-state index in [-0.39, 0.29) is 0 Å². The molecule has 2 aromatic carbocycles. The van der Waals surface area contributed by atoms with Crippen molar-refractivity contribution >= 4 is 34.6 Å². The first-order valence-electron chi connectivity index (χ1n) is 13.9. The van der Waals surface area contributed by atoms with Gasteiger partial charge < -0.3 is 0 Å². The molecule has 2 atom stereocenters. The molecule has 2 fully saturated rings. The molecule has 4 nitrogen and oxygen atoms in total. The summed E-state index contributed by atoms with van der Waals surface area (Å²) in [4.78, 5) is 15.2. The fraction of sp³-hybridized carbons (Fsp3) is 0.500. The van der Waals surface area contributed by atoms with Gasteiger partial charge in [-0.1, -0.05) is 47.6 Å². The van der Waals surface area contributed by atoms with Gasteiger partial charge in [0.2, 0.25) is 0 Å². The molecule has 0 N–H and O–H groups in total. The summed E-state index contributed by atoms with van der Waals surface area (Å²) in [6.45, 7) is 13.3. The second-order valence-corrected chi connectivity index (χ2v) is 10.8. The highest BCUT2D eigenvalue weighted by atomic mass is 15.2. The summed E-state index contributed by atoms with van der Waals surface area (Å²) in [7, 11) is 0. The van der Waals surface area contributed by atoms with Crippen LogP contribution in [0, 0.1) is 0 Å². The van der Waals surface area contributed by atoms with Crippen molar-refractivity contribution in [3.63, 3.8) is 0 Å². The zero-order valence-electron chi connectivity index (χ0n) is 22.8. The molecule has 0 bridgehead atoms. The molecule has 0 unspecified atom stereocenters. The summed E-state index contributed by atoms with van der Waals surface area (Å²) in [5.74, 6) is 0. The van der Waals surface area contributed by atoms with Gasteiger partial charge in [-0.15, -0.1) is 0 Å². The molecule has 2 aliphatic rings. The smallest absolute Gasteiger partial charge is 0.0705 e. The minimum atomic E-state index is 0.437. The van der Waals surface area contributed by atoms with Crippen LogP contribution in [0.4, 0.5) is 11.4 Å². The summed E-state index contributed by atoms with van der Waals surface area (Å²) in [5, 5.41) is 2.37. The maximum atomic E-state index is 5.00. The van der Waals surface area contributed by atoms with Crippen molar-refractivity contribution in [3.05, 3.63) is 59.7 Å². The monoisotopic (exact) mass is 484 g/mol. The predicted molar refractivity (Wildman–Crippen MR) is 158 cm³/mol. The first-order valence-corrected chi connectivity index (χ1v) is 13.9. The second-order valence-electron chi connectivity index (χ2n) is 10.8. The van der Waals surface area contributed by atoms with Gasteiger partial charge in [0.25, 0.3) is 0 Å². The van der Waals surface area contributed by atoms with E-state index in [1.807, 2.05) is 0 Å². The number of nitrogens with zero attached hydrogens (tertiary/aromatic N) is 4. The minimum Gasteiger partial charge on any atom is -0.295 e. The Bertz CT molecular complexity index is 1030. The van der Waals surface area contributed by atoms with Crippen molar-refractivity contribution < 1.29 is 0 Å². The highest BCUT2D eigenvalue weighted by molar-refractivity contribution is 6.01. The quantitative estimate of drug-likeness (QED) is 0.254. The van der Waals surface area contributed by atoms with Crippen molar-refractivity contribution in [3.8, 4) is 0 Å². The Kier molecular flexibility index (Phi) is 9.66. The van der Waals surface area contributed by atoms with Crippen molar-refractivity contribution in [2.45, 2.75) is 78.3 Å². The van der Waals surface area contributed by atoms with Gasteiger partial charge in [0.05, 0.1) is 11.4 Å². The molecule has 0 radical (unpaired) electrons. The lowest BCUT2D eigenvalue weighted by Crippen LogP contribution is -2.31. The third-order valence-corrected chi connectivity index (χ3v) is 7.41. The van der Waals surface area contributed by atoms with Gasteiger partial charge in [-0.3, -0.25) is 19.8 Å². The number of aliphatic imine (C=N–C) groups is 2. The van der Waals surface area contributed by atoms with Crippen LogP contribution in [0.1, 0.15) is 66.2 Å². The Balaban J connectivity index is 1.47. The van der Waals surface area contributed by atoms with Gasteiger partial charge in [-0.05, 0) is 91.4 Å². The number of allylic oxidation sites excluding steroid dienone is 2. The molecule has 192 valence electrons. The van der Waals surface area contributed by atoms with E-state index in [0.29, 0.717) is 12.1 Å².